The van der Waals surface area contributed by atoms with E-state index in [-0.39, 0.29) is 17.4 Å². The summed E-state index contributed by atoms with van der Waals surface area (Å²) >= 11 is 5.97. The van der Waals surface area contributed by atoms with Crippen LogP contribution in [0.5, 0.6) is 0 Å². The predicted molar refractivity (Wildman–Crippen MR) is 119 cm³/mol. The molecule has 1 N–H and O–H groups in total. The minimum Gasteiger partial charge on any atom is -0.321 e. The fourth-order valence-corrected chi connectivity index (χ4v) is 3.61. The molecule has 0 bridgehead atoms. The molecule has 3 aromatic heterocycles. The minimum absolute atomic E-state index is 0.272. The lowest BCUT2D eigenvalue weighted by molar-refractivity contribution is 0.102. The third-order valence-electron chi connectivity index (χ3n) is 4.95. The maximum absolute atomic E-state index is 13.3. The van der Waals surface area contributed by atoms with Crippen LogP contribution in [0, 0.1) is 5.82 Å². The average molecular weight is 431 g/mol. The van der Waals surface area contributed by atoms with E-state index in [9.17, 15) is 9.18 Å². The summed E-state index contributed by atoms with van der Waals surface area (Å²) in [5.74, 6) is 0.182. The van der Waals surface area contributed by atoms with Gasteiger partial charge in [0.1, 0.15) is 11.6 Å². The van der Waals surface area contributed by atoms with Crippen LogP contribution in [0.2, 0.25) is 5.02 Å². The van der Waals surface area contributed by atoms with E-state index >= 15 is 0 Å². The van der Waals surface area contributed by atoms with Crippen LogP contribution in [-0.4, -0.2) is 20.1 Å². The summed E-state index contributed by atoms with van der Waals surface area (Å²) in [6.07, 6.45) is 3.70. The zero-order valence-electron chi connectivity index (χ0n) is 16.2. The molecule has 0 aliphatic carbocycles. The van der Waals surface area contributed by atoms with Crippen molar-refractivity contribution in [3.63, 3.8) is 0 Å². The number of hydrogen-bond donors (Lipinski definition) is 1. The van der Waals surface area contributed by atoms with Crippen molar-refractivity contribution in [2.24, 2.45) is 0 Å². The van der Waals surface area contributed by atoms with Gasteiger partial charge in [0.15, 0.2) is 5.69 Å². The highest BCUT2D eigenvalue weighted by atomic mass is 35.5. The first-order chi connectivity index (χ1) is 15.1. The molecule has 1 amide bonds. The summed E-state index contributed by atoms with van der Waals surface area (Å²) in [5.41, 5.74) is 3.70. The Hall–Kier alpha value is -3.90. The number of anilines is 1. The molecule has 0 unspecified atom stereocenters. The number of carbonyl (C=O) groups excluding carboxylic acids is 1. The van der Waals surface area contributed by atoms with E-state index < -0.39 is 0 Å². The average Bonchev–Trinajstić information content (AvgIpc) is 3.41. The number of halogens is 2. The molecule has 0 aliphatic heterocycles. The Morgan fingerprint density at radius 3 is 2.52 bits per heavy atom. The van der Waals surface area contributed by atoms with Crippen LogP contribution in [-0.2, 0) is 0 Å². The standard InChI is InChI=1S/C24H16ClFN4O/c25-18-2-1-3-20(14-18)27-24(31)22-12-13-30(28-22)23-11-10-21-9-6-17(15-29(21)23)16-4-7-19(26)8-5-16/h1-15H,(H,27,31). The molecule has 31 heavy (non-hydrogen) atoms. The topological polar surface area (TPSA) is 51.3 Å². The van der Waals surface area contributed by atoms with Gasteiger partial charge in [-0.15, -0.1) is 0 Å². The number of nitrogens with one attached hydrogen (secondary N) is 1. The molecule has 5 nitrogen and oxygen atoms in total. The number of benzene rings is 2. The fraction of sp³-hybridized carbons (Fsp3) is 0. The molecule has 0 radical (unpaired) electrons. The van der Waals surface area contributed by atoms with Gasteiger partial charge in [0, 0.05) is 28.6 Å². The monoisotopic (exact) mass is 430 g/mol. The lowest BCUT2D eigenvalue weighted by atomic mass is 10.1. The van der Waals surface area contributed by atoms with Gasteiger partial charge < -0.3 is 9.72 Å². The summed E-state index contributed by atoms with van der Waals surface area (Å²) in [4.78, 5) is 12.6. The van der Waals surface area contributed by atoms with E-state index in [1.807, 2.05) is 34.9 Å². The lowest BCUT2D eigenvalue weighted by Gasteiger charge is -2.07. The minimum atomic E-state index is -0.325. The zero-order valence-corrected chi connectivity index (χ0v) is 16.9. The summed E-state index contributed by atoms with van der Waals surface area (Å²) in [6, 6.07) is 22.8. The Labute approximate surface area is 182 Å². The van der Waals surface area contributed by atoms with E-state index in [4.69, 9.17) is 11.6 Å². The van der Waals surface area contributed by atoms with Crippen LogP contribution in [0.4, 0.5) is 10.1 Å². The molecule has 0 aliphatic rings. The van der Waals surface area contributed by atoms with Crippen LogP contribution in [0.1, 0.15) is 10.5 Å². The van der Waals surface area contributed by atoms with Crippen LogP contribution in [0.3, 0.4) is 0 Å². The van der Waals surface area contributed by atoms with Gasteiger partial charge in [-0.25, -0.2) is 9.07 Å². The number of amides is 1. The van der Waals surface area contributed by atoms with Gasteiger partial charge in [-0.05, 0) is 65.7 Å². The normalized spacial score (nSPS) is 11.0. The highest BCUT2D eigenvalue weighted by Gasteiger charge is 2.13. The molecule has 0 spiro atoms. The third-order valence-corrected chi connectivity index (χ3v) is 5.18. The zero-order chi connectivity index (χ0) is 21.4. The lowest BCUT2D eigenvalue weighted by Crippen LogP contribution is -2.13. The van der Waals surface area contributed by atoms with Crippen LogP contribution >= 0.6 is 11.6 Å². The van der Waals surface area contributed by atoms with E-state index in [1.54, 1.807) is 53.3 Å². The molecule has 0 saturated heterocycles. The summed E-state index contributed by atoms with van der Waals surface area (Å²) in [6.45, 7) is 0. The molecule has 152 valence electrons. The number of nitrogens with zero attached hydrogens (tertiary/aromatic N) is 3. The second-order valence-electron chi connectivity index (χ2n) is 7.02. The third kappa shape index (κ3) is 3.81. The largest absolute Gasteiger partial charge is 0.321 e. The van der Waals surface area contributed by atoms with E-state index in [0.29, 0.717) is 10.7 Å². The van der Waals surface area contributed by atoms with Crippen molar-refractivity contribution in [2.45, 2.75) is 0 Å². The Morgan fingerprint density at radius 2 is 1.71 bits per heavy atom. The maximum Gasteiger partial charge on any atom is 0.276 e. The van der Waals surface area contributed by atoms with Gasteiger partial charge in [-0.3, -0.25) is 4.79 Å². The molecule has 5 aromatic rings. The van der Waals surface area contributed by atoms with Crippen molar-refractivity contribution in [2.75, 3.05) is 5.32 Å². The van der Waals surface area contributed by atoms with Crippen molar-refractivity contribution in [3.8, 4) is 16.9 Å². The molecular weight excluding hydrogens is 415 g/mol. The molecule has 7 heteroatoms. The Balaban J connectivity index is 1.46. The van der Waals surface area contributed by atoms with Gasteiger partial charge in [-0.2, -0.15) is 5.10 Å². The first-order valence-electron chi connectivity index (χ1n) is 9.57. The number of hydrogen-bond acceptors (Lipinski definition) is 2. The van der Waals surface area contributed by atoms with Crippen molar-refractivity contribution in [1.29, 1.82) is 0 Å². The Morgan fingerprint density at radius 1 is 0.935 bits per heavy atom. The van der Waals surface area contributed by atoms with Gasteiger partial charge >= 0.3 is 0 Å². The smallest absolute Gasteiger partial charge is 0.276 e. The highest BCUT2D eigenvalue weighted by Crippen LogP contribution is 2.23. The highest BCUT2D eigenvalue weighted by molar-refractivity contribution is 6.30. The molecule has 5 rings (SSSR count). The Kier molecular flexibility index (Phi) is 4.76. The maximum atomic E-state index is 13.3. The number of fused-ring (bicyclic) bond motifs is 1. The number of rotatable bonds is 4. The SMILES string of the molecule is O=C(Nc1cccc(Cl)c1)c1ccn(-c2ccc3ccc(-c4ccc(F)cc4)cn23)n1. The number of pyridine rings is 1. The number of aromatic nitrogens is 3. The van der Waals surface area contributed by atoms with Crippen LogP contribution in [0.15, 0.2) is 91.3 Å². The van der Waals surface area contributed by atoms with E-state index in [2.05, 4.69) is 10.4 Å². The van der Waals surface area contributed by atoms with Crippen molar-refractivity contribution >= 4 is 28.7 Å². The Bertz CT molecular complexity index is 1400. The molecule has 0 saturated carbocycles. The first-order valence-corrected chi connectivity index (χ1v) is 9.95. The predicted octanol–water partition coefficient (Wildman–Crippen LogP) is 5.84. The summed E-state index contributed by atoms with van der Waals surface area (Å²) < 4.78 is 16.9. The molecule has 0 atom stereocenters. The van der Waals surface area contributed by atoms with Crippen LogP contribution < -0.4 is 5.32 Å². The first kappa shape index (κ1) is 19.1. The van der Waals surface area contributed by atoms with Crippen LogP contribution in [0.25, 0.3) is 22.5 Å². The van der Waals surface area contributed by atoms with Crippen molar-refractivity contribution in [1.82, 2.24) is 14.2 Å². The summed E-state index contributed by atoms with van der Waals surface area (Å²) in [5, 5.41) is 7.77. The van der Waals surface area contributed by atoms with Crippen molar-refractivity contribution in [3.05, 3.63) is 108 Å². The molecule has 2 aromatic carbocycles. The van der Waals surface area contributed by atoms with E-state index in [0.717, 1.165) is 22.5 Å². The summed E-state index contributed by atoms with van der Waals surface area (Å²) in [7, 11) is 0. The quantitative estimate of drug-likeness (QED) is 0.389. The molecular formula is C24H16ClFN4O. The van der Waals surface area contributed by atoms with Gasteiger partial charge in [0.25, 0.3) is 5.91 Å². The molecule has 3 heterocycles. The second-order valence-corrected chi connectivity index (χ2v) is 7.46. The fourth-order valence-electron chi connectivity index (χ4n) is 3.42. The molecule has 0 fully saturated rings. The van der Waals surface area contributed by atoms with E-state index in [1.165, 1.54) is 12.1 Å². The number of carbonyl (C=O) groups is 1. The second kappa shape index (κ2) is 7.74. The van der Waals surface area contributed by atoms with Crippen molar-refractivity contribution < 1.29 is 9.18 Å². The van der Waals surface area contributed by atoms with Gasteiger partial charge in [-0.1, -0.05) is 35.9 Å². The van der Waals surface area contributed by atoms with Gasteiger partial charge in [0.05, 0.1) is 0 Å². The van der Waals surface area contributed by atoms with Gasteiger partial charge in [0.2, 0.25) is 0 Å².